The highest BCUT2D eigenvalue weighted by Gasteiger charge is 2.16. The summed E-state index contributed by atoms with van der Waals surface area (Å²) in [6.45, 7) is 1.71. The summed E-state index contributed by atoms with van der Waals surface area (Å²) < 4.78 is 25.7. The Balaban J connectivity index is 2.84. The lowest BCUT2D eigenvalue weighted by atomic mass is 10.3. The van der Waals surface area contributed by atoms with Crippen molar-refractivity contribution in [1.29, 1.82) is 0 Å². The fourth-order valence-corrected chi connectivity index (χ4v) is 3.00. The number of nitro benzene ring substituents is 1. The van der Waals surface area contributed by atoms with Crippen molar-refractivity contribution in [1.82, 2.24) is 0 Å². The predicted octanol–water partition coefficient (Wildman–Crippen LogP) is 2.21. The van der Waals surface area contributed by atoms with Gasteiger partial charge in [0.25, 0.3) is 5.69 Å². The first-order valence-electron chi connectivity index (χ1n) is 5.15. The first-order valence-corrected chi connectivity index (χ1v) is 7.33. The Kier molecular flexibility index (Phi) is 4.92. The van der Waals surface area contributed by atoms with Crippen molar-refractivity contribution in [3.05, 3.63) is 34.4 Å². The van der Waals surface area contributed by atoms with Gasteiger partial charge < -0.3 is 0 Å². The summed E-state index contributed by atoms with van der Waals surface area (Å²) >= 11 is 5.55. The molecule has 0 spiro atoms. The molecule has 0 fully saturated rings. The third-order valence-corrected chi connectivity index (χ3v) is 4.18. The maximum absolute atomic E-state index is 11.7. The topological polar surface area (TPSA) is 89.3 Å². The quantitative estimate of drug-likeness (QED) is 0.494. The fraction of sp³-hybridized carbons (Fsp3) is 0.400. The molecule has 0 aliphatic heterocycles. The Hall–Kier alpha value is -1.34. The highest BCUT2D eigenvalue weighted by atomic mass is 35.5. The molecule has 0 radical (unpaired) electrons. The Morgan fingerprint density at radius 3 is 2.72 bits per heavy atom. The van der Waals surface area contributed by atoms with E-state index in [0.717, 1.165) is 0 Å². The van der Waals surface area contributed by atoms with Gasteiger partial charge in [0.1, 0.15) is 0 Å². The number of nitrogens with one attached hydrogen (secondary N) is 1. The van der Waals surface area contributed by atoms with Crippen LogP contribution in [0.15, 0.2) is 24.3 Å². The standard InChI is InChI=1S/C10H13ClN2O4S/c1-8(6-11)7-18(16,17)12-9-3-2-4-10(5-9)13(14)15/h2-5,8,12H,6-7H2,1H3. The third-order valence-electron chi connectivity index (χ3n) is 2.10. The fourth-order valence-electron chi connectivity index (χ4n) is 1.32. The molecule has 18 heavy (non-hydrogen) atoms. The van der Waals surface area contributed by atoms with E-state index in [9.17, 15) is 18.5 Å². The van der Waals surface area contributed by atoms with Crippen LogP contribution in [0, 0.1) is 16.0 Å². The molecule has 1 aromatic rings. The summed E-state index contributed by atoms with van der Waals surface area (Å²) in [6.07, 6.45) is 0. The average Bonchev–Trinajstić information content (AvgIpc) is 2.27. The van der Waals surface area contributed by atoms with Crippen LogP contribution in [0.25, 0.3) is 0 Å². The highest BCUT2D eigenvalue weighted by molar-refractivity contribution is 7.92. The molecule has 1 aromatic carbocycles. The summed E-state index contributed by atoms with van der Waals surface area (Å²) in [5.41, 5.74) is 0.00608. The van der Waals surface area contributed by atoms with E-state index in [2.05, 4.69) is 4.72 Å². The number of halogens is 1. The second kappa shape index (κ2) is 6.01. The minimum Gasteiger partial charge on any atom is -0.283 e. The zero-order valence-electron chi connectivity index (χ0n) is 9.67. The molecule has 0 aromatic heterocycles. The van der Waals surface area contributed by atoms with Crippen molar-refractivity contribution in [3.8, 4) is 0 Å². The minimum atomic E-state index is -3.55. The van der Waals surface area contributed by atoms with Crippen LogP contribution in [0.4, 0.5) is 11.4 Å². The predicted molar refractivity (Wildman–Crippen MR) is 70.4 cm³/mol. The number of anilines is 1. The summed E-state index contributed by atoms with van der Waals surface area (Å²) in [6, 6.07) is 5.33. The SMILES string of the molecule is CC(CCl)CS(=O)(=O)Nc1cccc([N+](=O)[O-])c1. The molecule has 1 N–H and O–H groups in total. The third kappa shape index (κ3) is 4.50. The lowest BCUT2D eigenvalue weighted by Crippen LogP contribution is -2.22. The summed E-state index contributed by atoms with van der Waals surface area (Å²) in [7, 11) is -3.55. The first kappa shape index (κ1) is 14.7. The van der Waals surface area contributed by atoms with Crippen LogP contribution in [0.5, 0.6) is 0 Å². The van der Waals surface area contributed by atoms with Crippen molar-refractivity contribution in [3.63, 3.8) is 0 Å². The highest BCUT2D eigenvalue weighted by Crippen LogP contribution is 2.18. The van der Waals surface area contributed by atoms with Crippen molar-refractivity contribution >= 4 is 33.0 Å². The van der Waals surface area contributed by atoms with Gasteiger partial charge in [-0.3, -0.25) is 14.8 Å². The monoisotopic (exact) mass is 292 g/mol. The van der Waals surface area contributed by atoms with Crippen molar-refractivity contribution in [2.75, 3.05) is 16.4 Å². The van der Waals surface area contributed by atoms with Gasteiger partial charge in [0.15, 0.2) is 0 Å². The van der Waals surface area contributed by atoms with Crippen LogP contribution in [0.3, 0.4) is 0 Å². The number of hydrogen-bond donors (Lipinski definition) is 1. The number of alkyl halides is 1. The van der Waals surface area contributed by atoms with Crippen LogP contribution in [0.1, 0.15) is 6.92 Å². The molecule has 6 nitrogen and oxygen atoms in total. The van der Waals surface area contributed by atoms with Gasteiger partial charge in [-0.25, -0.2) is 8.42 Å². The van der Waals surface area contributed by atoms with E-state index in [1.54, 1.807) is 6.92 Å². The van der Waals surface area contributed by atoms with Crippen LogP contribution in [0.2, 0.25) is 0 Å². The second-order valence-corrected chi connectivity index (χ2v) is 6.03. The number of sulfonamides is 1. The van der Waals surface area contributed by atoms with Gasteiger partial charge in [0, 0.05) is 18.0 Å². The summed E-state index contributed by atoms with van der Waals surface area (Å²) in [5, 5.41) is 10.6. The molecule has 100 valence electrons. The number of hydrogen-bond acceptors (Lipinski definition) is 4. The van der Waals surface area contributed by atoms with E-state index < -0.39 is 14.9 Å². The van der Waals surface area contributed by atoms with E-state index in [1.165, 1.54) is 24.3 Å². The van der Waals surface area contributed by atoms with Gasteiger partial charge in [0.05, 0.1) is 16.4 Å². The van der Waals surface area contributed by atoms with Crippen LogP contribution in [-0.2, 0) is 10.0 Å². The zero-order chi connectivity index (χ0) is 13.8. The van der Waals surface area contributed by atoms with E-state index in [-0.39, 0.29) is 28.9 Å². The van der Waals surface area contributed by atoms with Gasteiger partial charge >= 0.3 is 0 Å². The maximum Gasteiger partial charge on any atom is 0.271 e. The molecule has 0 aliphatic rings. The average molecular weight is 293 g/mol. The van der Waals surface area contributed by atoms with Gasteiger partial charge in [-0.15, -0.1) is 11.6 Å². The van der Waals surface area contributed by atoms with Crippen molar-refractivity contribution in [2.24, 2.45) is 5.92 Å². The van der Waals surface area contributed by atoms with E-state index >= 15 is 0 Å². The minimum absolute atomic E-state index is 0.126. The second-order valence-electron chi connectivity index (χ2n) is 3.95. The molecular formula is C10H13ClN2O4S. The molecule has 0 saturated heterocycles. The molecular weight excluding hydrogens is 280 g/mol. The Morgan fingerprint density at radius 2 is 2.17 bits per heavy atom. The summed E-state index contributed by atoms with van der Waals surface area (Å²) in [5.74, 6) is -0.0856. The van der Waals surface area contributed by atoms with Gasteiger partial charge in [-0.1, -0.05) is 13.0 Å². The zero-order valence-corrected chi connectivity index (χ0v) is 11.2. The molecule has 0 saturated carbocycles. The Morgan fingerprint density at radius 1 is 1.50 bits per heavy atom. The normalized spacial score (nSPS) is 13.0. The van der Waals surface area contributed by atoms with E-state index in [0.29, 0.717) is 0 Å². The Bertz CT molecular complexity index is 532. The maximum atomic E-state index is 11.7. The number of non-ortho nitro benzene ring substituents is 1. The lowest BCUT2D eigenvalue weighted by Gasteiger charge is -2.10. The van der Waals surface area contributed by atoms with Gasteiger partial charge in [0.2, 0.25) is 10.0 Å². The molecule has 1 unspecified atom stereocenters. The Labute approximate surface area is 110 Å². The van der Waals surface area contributed by atoms with Crippen LogP contribution >= 0.6 is 11.6 Å². The van der Waals surface area contributed by atoms with Crippen molar-refractivity contribution < 1.29 is 13.3 Å². The molecule has 0 heterocycles. The lowest BCUT2D eigenvalue weighted by molar-refractivity contribution is -0.384. The van der Waals surface area contributed by atoms with Gasteiger partial charge in [-0.2, -0.15) is 0 Å². The molecule has 8 heteroatoms. The largest absolute Gasteiger partial charge is 0.283 e. The number of benzene rings is 1. The van der Waals surface area contributed by atoms with Crippen molar-refractivity contribution in [2.45, 2.75) is 6.92 Å². The molecule has 0 bridgehead atoms. The smallest absolute Gasteiger partial charge is 0.271 e. The first-order chi connectivity index (χ1) is 8.34. The van der Waals surface area contributed by atoms with E-state index in [4.69, 9.17) is 11.6 Å². The van der Waals surface area contributed by atoms with Gasteiger partial charge in [-0.05, 0) is 12.0 Å². The van der Waals surface area contributed by atoms with Crippen LogP contribution < -0.4 is 4.72 Å². The number of rotatable bonds is 6. The van der Waals surface area contributed by atoms with Crippen LogP contribution in [-0.4, -0.2) is 25.0 Å². The summed E-state index contributed by atoms with van der Waals surface area (Å²) in [4.78, 5) is 9.97. The number of nitro groups is 1. The molecule has 1 atom stereocenters. The van der Waals surface area contributed by atoms with E-state index in [1.807, 2.05) is 0 Å². The number of nitrogens with zero attached hydrogens (tertiary/aromatic N) is 1. The molecule has 0 amide bonds. The molecule has 1 rings (SSSR count). The molecule has 0 aliphatic carbocycles.